The number of imide groups is 1. The number of nitrogens with one attached hydrogen (secondary N) is 1. The van der Waals surface area contributed by atoms with Gasteiger partial charge in [-0.25, -0.2) is 4.90 Å². The summed E-state index contributed by atoms with van der Waals surface area (Å²) in [6.07, 6.45) is 1.49. The van der Waals surface area contributed by atoms with Crippen molar-refractivity contribution < 1.29 is 19.3 Å². The van der Waals surface area contributed by atoms with Gasteiger partial charge in [-0.05, 0) is 50.6 Å². The van der Waals surface area contributed by atoms with Gasteiger partial charge >= 0.3 is 0 Å². The van der Waals surface area contributed by atoms with Gasteiger partial charge in [-0.15, -0.1) is 0 Å². The van der Waals surface area contributed by atoms with E-state index in [9.17, 15) is 24.5 Å². The predicted octanol–water partition coefficient (Wildman–Crippen LogP) is 2.99. The summed E-state index contributed by atoms with van der Waals surface area (Å²) < 4.78 is 0. The van der Waals surface area contributed by atoms with E-state index in [-0.39, 0.29) is 23.3 Å². The Hall–Kier alpha value is -3.30. The Morgan fingerprint density at radius 2 is 1.94 bits per heavy atom. The molecule has 0 radical (unpaired) electrons. The second-order valence-corrected chi connectivity index (χ2v) is 9.49. The number of nitro groups is 1. The zero-order valence-electron chi connectivity index (χ0n) is 17.6. The molecule has 1 N–H and O–H groups in total. The summed E-state index contributed by atoms with van der Waals surface area (Å²) in [6, 6.07) is 9.13. The van der Waals surface area contributed by atoms with Crippen molar-refractivity contribution in [2.24, 2.45) is 11.8 Å². The Morgan fingerprint density at radius 3 is 2.70 bits per heavy atom. The Labute approximate surface area is 193 Å². The van der Waals surface area contributed by atoms with Gasteiger partial charge in [-0.1, -0.05) is 17.7 Å². The quantitative estimate of drug-likeness (QED) is 0.413. The van der Waals surface area contributed by atoms with Crippen molar-refractivity contribution in [3.05, 3.63) is 62.7 Å². The van der Waals surface area contributed by atoms with Crippen LogP contribution in [0, 0.1) is 28.9 Å². The lowest BCUT2D eigenvalue weighted by molar-refractivity contribution is -0.385. The number of halogens is 1. The molecule has 2 aromatic carbocycles. The summed E-state index contributed by atoms with van der Waals surface area (Å²) in [4.78, 5) is 55.1. The topological polar surface area (TPSA) is 113 Å². The lowest BCUT2D eigenvalue weighted by Gasteiger charge is -2.36. The molecule has 0 saturated carbocycles. The van der Waals surface area contributed by atoms with Crippen molar-refractivity contribution in [1.82, 2.24) is 4.90 Å². The summed E-state index contributed by atoms with van der Waals surface area (Å²) in [7, 11) is 0. The largest absolute Gasteiger partial charge is 0.324 e. The molecule has 4 aliphatic heterocycles. The Kier molecular flexibility index (Phi) is 4.07. The van der Waals surface area contributed by atoms with Crippen LogP contribution >= 0.6 is 11.6 Å². The minimum Gasteiger partial charge on any atom is -0.324 e. The van der Waals surface area contributed by atoms with E-state index in [0.717, 1.165) is 11.3 Å². The van der Waals surface area contributed by atoms with Gasteiger partial charge in [0.25, 0.3) is 5.69 Å². The summed E-state index contributed by atoms with van der Waals surface area (Å²) >= 11 is 6.29. The average Bonchev–Trinajstić information content (AvgIpc) is 3.47. The number of hydrogen-bond acceptors (Lipinski definition) is 6. The molecule has 3 fully saturated rings. The number of rotatable bonds is 2. The van der Waals surface area contributed by atoms with Gasteiger partial charge in [0.05, 0.1) is 22.4 Å². The third-order valence-corrected chi connectivity index (χ3v) is 7.84. The highest BCUT2D eigenvalue weighted by Crippen LogP contribution is 2.61. The normalized spacial score (nSPS) is 30.1. The molecule has 4 heterocycles. The van der Waals surface area contributed by atoms with Gasteiger partial charge in [-0.3, -0.25) is 29.4 Å². The van der Waals surface area contributed by atoms with Gasteiger partial charge in [0.15, 0.2) is 0 Å². The van der Waals surface area contributed by atoms with E-state index in [1.165, 1.54) is 18.2 Å². The van der Waals surface area contributed by atoms with Crippen LogP contribution in [0.3, 0.4) is 0 Å². The molecule has 10 heteroatoms. The van der Waals surface area contributed by atoms with Crippen LogP contribution < -0.4 is 10.2 Å². The average molecular weight is 467 g/mol. The van der Waals surface area contributed by atoms with E-state index in [4.69, 9.17) is 11.6 Å². The Balaban J connectivity index is 1.54. The summed E-state index contributed by atoms with van der Waals surface area (Å²) in [5, 5.41) is 14.8. The number of amides is 3. The van der Waals surface area contributed by atoms with Crippen molar-refractivity contribution in [3.8, 4) is 0 Å². The second kappa shape index (κ2) is 6.61. The number of benzene rings is 2. The summed E-state index contributed by atoms with van der Waals surface area (Å²) in [5.41, 5.74) is 0.279. The monoisotopic (exact) mass is 466 g/mol. The van der Waals surface area contributed by atoms with Crippen LogP contribution in [-0.4, -0.2) is 40.1 Å². The fourth-order valence-corrected chi connectivity index (χ4v) is 6.54. The van der Waals surface area contributed by atoms with E-state index >= 15 is 0 Å². The molecule has 3 amide bonds. The summed E-state index contributed by atoms with van der Waals surface area (Å²) in [5.74, 6) is -2.91. The third-order valence-electron chi connectivity index (χ3n) is 7.60. The zero-order valence-corrected chi connectivity index (χ0v) is 18.3. The molecular weight excluding hydrogens is 448 g/mol. The van der Waals surface area contributed by atoms with E-state index in [1.807, 2.05) is 4.90 Å². The van der Waals surface area contributed by atoms with E-state index in [1.54, 1.807) is 25.1 Å². The maximum Gasteiger partial charge on any atom is 0.274 e. The number of aryl methyl sites for hydroxylation is 1. The molecule has 0 unspecified atom stereocenters. The summed E-state index contributed by atoms with van der Waals surface area (Å²) in [6.45, 7) is 2.19. The molecule has 3 saturated heterocycles. The van der Waals surface area contributed by atoms with Crippen LogP contribution in [0.1, 0.15) is 24.0 Å². The zero-order chi connectivity index (χ0) is 23.2. The molecule has 0 aromatic heterocycles. The van der Waals surface area contributed by atoms with Gasteiger partial charge < -0.3 is 5.32 Å². The highest BCUT2D eigenvalue weighted by molar-refractivity contribution is 6.31. The molecule has 1 spiro atoms. The molecule has 33 heavy (non-hydrogen) atoms. The standard InChI is InChI=1S/C23H19ClN4O5/c1-11-4-6-13(10-17(11)28(32)33)27-20(29)18-16-3-2-8-26(16)23(19(18)21(27)30)14-9-12(24)5-7-15(14)25-22(23)31/h4-7,9-10,16,18-19H,2-3,8H2,1H3,(H,25,31)/t16-,18+,19+,23+/m0/s1. The molecule has 0 aliphatic carbocycles. The number of nitrogens with zero attached hydrogens (tertiary/aromatic N) is 3. The highest BCUT2D eigenvalue weighted by atomic mass is 35.5. The first-order chi connectivity index (χ1) is 15.8. The highest BCUT2D eigenvalue weighted by Gasteiger charge is 2.74. The number of carbonyl (C=O) groups excluding carboxylic acids is 3. The lowest BCUT2D eigenvalue weighted by Crippen LogP contribution is -2.54. The van der Waals surface area contributed by atoms with Crippen molar-refractivity contribution in [3.63, 3.8) is 0 Å². The Bertz CT molecular complexity index is 1300. The number of nitro benzene ring substituents is 1. The van der Waals surface area contributed by atoms with Crippen LogP contribution in [-0.2, 0) is 19.9 Å². The molecular formula is C23H19ClN4O5. The predicted molar refractivity (Wildman–Crippen MR) is 119 cm³/mol. The second-order valence-electron chi connectivity index (χ2n) is 9.06. The maximum absolute atomic E-state index is 13.9. The molecule has 168 valence electrons. The third kappa shape index (κ3) is 2.38. The van der Waals surface area contributed by atoms with Gasteiger partial charge in [0.1, 0.15) is 5.54 Å². The molecule has 4 atom stereocenters. The van der Waals surface area contributed by atoms with Crippen molar-refractivity contribution in [2.45, 2.75) is 31.3 Å². The fourth-order valence-electron chi connectivity index (χ4n) is 6.36. The van der Waals surface area contributed by atoms with Gasteiger partial charge in [0.2, 0.25) is 17.7 Å². The smallest absolute Gasteiger partial charge is 0.274 e. The first-order valence-electron chi connectivity index (χ1n) is 10.8. The van der Waals surface area contributed by atoms with E-state index < -0.39 is 34.1 Å². The van der Waals surface area contributed by atoms with Crippen molar-refractivity contribution in [1.29, 1.82) is 0 Å². The number of carbonyl (C=O) groups is 3. The minimum absolute atomic E-state index is 0.154. The van der Waals surface area contributed by atoms with Gasteiger partial charge in [0, 0.05) is 33.9 Å². The molecule has 2 aromatic rings. The van der Waals surface area contributed by atoms with E-state index in [2.05, 4.69) is 5.32 Å². The first-order valence-corrected chi connectivity index (χ1v) is 11.2. The lowest BCUT2D eigenvalue weighted by atomic mass is 9.75. The fraction of sp³-hybridized carbons (Fsp3) is 0.348. The molecule has 0 bridgehead atoms. The van der Waals surface area contributed by atoms with Crippen LogP contribution in [0.2, 0.25) is 5.02 Å². The first kappa shape index (κ1) is 20.3. The number of hydrogen-bond donors (Lipinski definition) is 1. The van der Waals surface area contributed by atoms with Crippen molar-refractivity contribution >= 4 is 46.4 Å². The van der Waals surface area contributed by atoms with Crippen LogP contribution in [0.5, 0.6) is 0 Å². The Morgan fingerprint density at radius 1 is 1.15 bits per heavy atom. The van der Waals surface area contributed by atoms with Gasteiger partial charge in [-0.2, -0.15) is 0 Å². The molecule has 9 nitrogen and oxygen atoms in total. The van der Waals surface area contributed by atoms with E-state index in [0.29, 0.717) is 34.8 Å². The van der Waals surface area contributed by atoms with Crippen LogP contribution in [0.25, 0.3) is 0 Å². The number of fused-ring (bicyclic) bond motifs is 7. The van der Waals surface area contributed by atoms with Crippen LogP contribution in [0.4, 0.5) is 17.1 Å². The molecule has 4 aliphatic rings. The van der Waals surface area contributed by atoms with Crippen LogP contribution in [0.15, 0.2) is 36.4 Å². The number of anilines is 2. The minimum atomic E-state index is -1.33. The van der Waals surface area contributed by atoms with Crippen molar-refractivity contribution in [2.75, 3.05) is 16.8 Å². The SMILES string of the molecule is Cc1ccc(N2C(=O)[C@@H]3[C@@H]4CCCN4[C@@]4(C(=O)Nc5ccc(Cl)cc54)[C@H]3C2=O)cc1[N+](=O)[O-]. The maximum atomic E-state index is 13.9. The molecule has 6 rings (SSSR count).